The molecule has 0 bridgehead atoms. The largest absolute Gasteiger partial charge is 0.368 e. The summed E-state index contributed by atoms with van der Waals surface area (Å²) >= 11 is 0. The molecule has 2 nitrogen and oxygen atoms in total. The number of rotatable bonds is 1. The van der Waals surface area contributed by atoms with Gasteiger partial charge >= 0.3 is 0 Å². The van der Waals surface area contributed by atoms with Crippen LogP contribution in [0.25, 0.3) is 0 Å². The molecule has 0 amide bonds. The van der Waals surface area contributed by atoms with E-state index in [9.17, 15) is 0 Å². The van der Waals surface area contributed by atoms with E-state index in [-0.39, 0.29) is 0 Å². The Kier molecular flexibility index (Phi) is 4.25. The van der Waals surface area contributed by atoms with E-state index in [0.29, 0.717) is 0 Å². The molecule has 0 aromatic carbocycles. The van der Waals surface area contributed by atoms with Crippen LogP contribution in [0.4, 0.5) is 0 Å². The highest BCUT2D eigenvalue weighted by molar-refractivity contribution is 5.10. The Labute approximate surface area is 78.9 Å². The Morgan fingerprint density at radius 2 is 2.00 bits per heavy atom. The third-order valence-corrected chi connectivity index (χ3v) is 1.57. The van der Waals surface area contributed by atoms with Gasteiger partial charge in [0.2, 0.25) is 0 Å². The fraction of sp³-hybridized carbons (Fsp3) is 0.0909. The molecule has 0 fully saturated rings. The van der Waals surface area contributed by atoms with Gasteiger partial charge in [0.15, 0.2) is 0 Å². The minimum absolute atomic E-state index is 0.958. The number of allylic oxidation sites excluding steroid dienone is 2. The van der Waals surface area contributed by atoms with Gasteiger partial charge in [-0.2, -0.15) is 0 Å². The smallest absolute Gasteiger partial charge is 0.0403 e. The van der Waals surface area contributed by atoms with Crippen molar-refractivity contribution >= 4 is 0 Å². The zero-order valence-corrected chi connectivity index (χ0v) is 7.56. The standard InChI is InChI=1S/C7H9N.C4H5N/c1-2-8-6-4-3-5-7-8;1-2-4-5-3-1/h2-6H,1,7H2;1-5H. The normalized spacial score (nSPS) is 13.4. The quantitative estimate of drug-likeness (QED) is 0.693. The third-order valence-electron chi connectivity index (χ3n) is 1.57. The summed E-state index contributed by atoms with van der Waals surface area (Å²) in [5.74, 6) is 0. The predicted molar refractivity (Wildman–Crippen MR) is 56.0 cm³/mol. The van der Waals surface area contributed by atoms with E-state index in [1.54, 1.807) is 6.20 Å². The highest BCUT2D eigenvalue weighted by Crippen LogP contribution is 1.96. The molecule has 1 aliphatic rings. The number of nitrogens with one attached hydrogen (secondary N) is 1. The summed E-state index contributed by atoms with van der Waals surface area (Å²) in [4.78, 5) is 4.88. The van der Waals surface area contributed by atoms with Crippen LogP contribution in [0.1, 0.15) is 0 Å². The Morgan fingerprint density at radius 1 is 1.23 bits per heavy atom. The summed E-state index contributed by atoms with van der Waals surface area (Å²) in [7, 11) is 0. The second-order valence-electron chi connectivity index (χ2n) is 2.53. The van der Waals surface area contributed by atoms with E-state index < -0.39 is 0 Å². The van der Waals surface area contributed by atoms with Crippen LogP contribution in [0, 0.1) is 0 Å². The number of aromatic amines is 1. The Hall–Kier alpha value is -1.70. The molecule has 13 heavy (non-hydrogen) atoms. The molecule has 0 saturated carbocycles. The van der Waals surface area contributed by atoms with Crippen molar-refractivity contribution in [2.75, 3.05) is 6.54 Å². The van der Waals surface area contributed by atoms with E-state index >= 15 is 0 Å². The molecule has 1 N–H and O–H groups in total. The minimum atomic E-state index is 0.958. The fourth-order valence-corrected chi connectivity index (χ4v) is 0.895. The first kappa shape index (κ1) is 9.39. The first-order valence-electron chi connectivity index (χ1n) is 4.23. The SMILES string of the molecule is C=CN1C=CC=CC1.c1cc[nH]c1. The second kappa shape index (κ2) is 5.89. The van der Waals surface area contributed by atoms with Gasteiger partial charge in [-0.1, -0.05) is 18.7 Å². The Balaban J connectivity index is 0.000000145. The molecule has 2 heteroatoms. The summed E-state index contributed by atoms with van der Waals surface area (Å²) in [6, 6.07) is 3.89. The van der Waals surface area contributed by atoms with Crippen molar-refractivity contribution in [3.63, 3.8) is 0 Å². The average Bonchev–Trinajstić information content (AvgIpc) is 2.77. The number of H-pyrrole nitrogens is 1. The highest BCUT2D eigenvalue weighted by atomic mass is 15.1. The summed E-state index contributed by atoms with van der Waals surface area (Å²) in [5.41, 5.74) is 0. The van der Waals surface area contributed by atoms with Crippen LogP contribution in [0.15, 0.2) is 61.7 Å². The van der Waals surface area contributed by atoms with Crippen LogP contribution in [-0.4, -0.2) is 16.4 Å². The average molecular weight is 174 g/mol. The Bertz CT molecular complexity index is 253. The summed E-state index contributed by atoms with van der Waals surface area (Å²) in [6.07, 6.45) is 13.7. The van der Waals surface area contributed by atoms with Crippen molar-refractivity contribution < 1.29 is 0 Å². The van der Waals surface area contributed by atoms with Gasteiger partial charge in [0.25, 0.3) is 0 Å². The number of hydrogen-bond donors (Lipinski definition) is 1. The molecule has 2 rings (SSSR count). The lowest BCUT2D eigenvalue weighted by molar-refractivity contribution is 0.562. The Morgan fingerprint density at radius 3 is 2.31 bits per heavy atom. The fourth-order valence-electron chi connectivity index (χ4n) is 0.895. The van der Waals surface area contributed by atoms with E-state index in [1.165, 1.54) is 0 Å². The van der Waals surface area contributed by atoms with Gasteiger partial charge in [-0.05, 0) is 24.4 Å². The van der Waals surface area contributed by atoms with Crippen LogP contribution in [0.2, 0.25) is 0 Å². The molecule has 1 aromatic rings. The lowest BCUT2D eigenvalue weighted by Gasteiger charge is -2.13. The van der Waals surface area contributed by atoms with Crippen molar-refractivity contribution in [3.8, 4) is 0 Å². The van der Waals surface area contributed by atoms with Crippen molar-refractivity contribution in [2.24, 2.45) is 0 Å². The third kappa shape index (κ3) is 4.01. The molecule has 0 radical (unpaired) electrons. The molecule has 0 unspecified atom stereocenters. The zero-order valence-electron chi connectivity index (χ0n) is 7.56. The molecule has 68 valence electrons. The van der Waals surface area contributed by atoms with Crippen molar-refractivity contribution in [1.82, 2.24) is 9.88 Å². The molecule has 0 aliphatic carbocycles. The molecule has 0 spiro atoms. The molecular weight excluding hydrogens is 160 g/mol. The maximum atomic E-state index is 3.63. The van der Waals surface area contributed by atoms with Crippen LogP contribution >= 0.6 is 0 Å². The molecule has 1 aromatic heterocycles. The van der Waals surface area contributed by atoms with E-state index in [0.717, 1.165) is 6.54 Å². The van der Waals surface area contributed by atoms with E-state index in [1.807, 2.05) is 47.8 Å². The van der Waals surface area contributed by atoms with Crippen LogP contribution < -0.4 is 0 Å². The molecule has 0 atom stereocenters. The number of nitrogens with zero attached hydrogens (tertiary/aromatic N) is 1. The van der Waals surface area contributed by atoms with E-state index in [2.05, 4.69) is 17.6 Å². The zero-order chi connectivity index (χ0) is 9.36. The van der Waals surface area contributed by atoms with Gasteiger partial charge in [0, 0.05) is 25.1 Å². The van der Waals surface area contributed by atoms with Gasteiger partial charge in [-0.25, -0.2) is 0 Å². The maximum absolute atomic E-state index is 3.63. The molecule has 0 saturated heterocycles. The summed E-state index contributed by atoms with van der Waals surface area (Å²) < 4.78 is 0. The lowest BCUT2D eigenvalue weighted by Crippen LogP contribution is -2.09. The first-order valence-corrected chi connectivity index (χ1v) is 4.23. The van der Waals surface area contributed by atoms with E-state index in [4.69, 9.17) is 0 Å². The molecule has 1 aliphatic heterocycles. The maximum Gasteiger partial charge on any atom is 0.0403 e. The highest BCUT2D eigenvalue weighted by Gasteiger charge is 1.89. The molecule has 2 heterocycles. The monoisotopic (exact) mass is 174 g/mol. The van der Waals surface area contributed by atoms with Gasteiger partial charge in [-0.15, -0.1) is 0 Å². The number of aromatic nitrogens is 1. The van der Waals surface area contributed by atoms with Crippen molar-refractivity contribution in [3.05, 3.63) is 61.7 Å². The minimum Gasteiger partial charge on any atom is -0.368 e. The van der Waals surface area contributed by atoms with Gasteiger partial charge < -0.3 is 9.88 Å². The van der Waals surface area contributed by atoms with Crippen LogP contribution in [0.5, 0.6) is 0 Å². The summed E-state index contributed by atoms with van der Waals surface area (Å²) in [5, 5.41) is 0. The molecular formula is C11H14N2. The first-order chi connectivity index (χ1) is 6.43. The van der Waals surface area contributed by atoms with Crippen LogP contribution in [-0.2, 0) is 0 Å². The van der Waals surface area contributed by atoms with Gasteiger partial charge in [0.1, 0.15) is 0 Å². The summed E-state index contributed by atoms with van der Waals surface area (Å²) in [6.45, 7) is 4.58. The number of hydrogen-bond acceptors (Lipinski definition) is 1. The van der Waals surface area contributed by atoms with Gasteiger partial charge in [0.05, 0.1) is 0 Å². The topological polar surface area (TPSA) is 19.0 Å². The van der Waals surface area contributed by atoms with Crippen molar-refractivity contribution in [1.29, 1.82) is 0 Å². The predicted octanol–water partition coefficient (Wildman–Crippen LogP) is 2.53. The van der Waals surface area contributed by atoms with Crippen molar-refractivity contribution in [2.45, 2.75) is 0 Å². The van der Waals surface area contributed by atoms with Gasteiger partial charge in [-0.3, -0.25) is 0 Å². The second-order valence-corrected chi connectivity index (χ2v) is 2.53. The van der Waals surface area contributed by atoms with Crippen LogP contribution in [0.3, 0.4) is 0 Å². The lowest BCUT2D eigenvalue weighted by atomic mass is 10.4.